The molecule has 0 aliphatic rings. The van der Waals surface area contributed by atoms with Gasteiger partial charge in [-0.3, -0.25) is 9.51 Å². The number of nitrogens with zero attached hydrogens (tertiary/aromatic N) is 3. The highest BCUT2D eigenvalue weighted by Crippen LogP contribution is 2.30. The van der Waals surface area contributed by atoms with Crippen molar-refractivity contribution in [3.05, 3.63) is 34.4 Å². The Balaban J connectivity index is 2.51. The lowest BCUT2D eigenvalue weighted by molar-refractivity contribution is -0.137. The molecule has 2 heterocycles. The first kappa shape index (κ1) is 13.3. The quantitative estimate of drug-likeness (QED) is 0.849. The number of ether oxygens (including phenoxy) is 1. The Bertz CT molecular complexity index is 633. The van der Waals surface area contributed by atoms with Crippen LogP contribution in [0.3, 0.4) is 0 Å². The molecule has 0 aliphatic carbocycles. The maximum Gasteiger partial charge on any atom is 0.443 e. The fourth-order valence-corrected chi connectivity index (χ4v) is 1.42. The van der Waals surface area contributed by atoms with Gasteiger partial charge >= 0.3 is 11.9 Å². The van der Waals surface area contributed by atoms with Gasteiger partial charge in [0.2, 0.25) is 5.82 Å². The minimum Gasteiger partial charge on any atom is -0.364 e. The molecule has 0 unspecified atom stereocenters. The summed E-state index contributed by atoms with van der Waals surface area (Å²) in [6.45, 7) is -0.199. The Labute approximate surface area is 104 Å². The fraction of sp³-hybridized carbons (Fsp3) is 0.300. The Kier molecular flexibility index (Phi) is 3.38. The van der Waals surface area contributed by atoms with Crippen molar-refractivity contribution in [3.63, 3.8) is 0 Å². The van der Waals surface area contributed by atoms with Crippen LogP contribution in [0.15, 0.2) is 27.6 Å². The van der Waals surface area contributed by atoms with E-state index in [1.165, 1.54) is 7.11 Å². The average molecular weight is 275 g/mol. The maximum atomic E-state index is 12.6. The Hall–Kier alpha value is -2.16. The van der Waals surface area contributed by atoms with E-state index in [2.05, 4.69) is 14.7 Å². The van der Waals surface area contributed by atoms with Gasteiger partial charge < -0.3 is 4.74 Å². The summed E-state index contributed by atoms with van der Waals surface area (Å²) in [4.78, 5) is 15.0. The van der Waals surface area contributed by atoms with Gasteiger partial charge in [0.05, 0.1) is 5.56 Å². The normalized spacial score (nSPS) is 11.8. The molecule has 2 aromatic rings. The molecular formula is C10H8F3N3O3. The highest BCUT2D eigenvalue weighted by molar-refractivity contribution is 5.50. The van der Waals surface area contributed by atoms with E-state index in [4.69, 9.17) is 4.74 Å². The van der Waals surface area contributed by atoms with Crippen LogP contribution in [0, 0.1) is 0 Å². The molecule has 19 heavy (non-hydrogen) atoms. The first-order valence-corrected chi connectivity index (χ1v) is 5.02. The van der Waals surface area contributed by atoms with Crippen molar-refractivity contribution < 1.29 is 22.4 Å². The van der Waals surface area contributed by atoms with E-state index in [1.54, 1.807) is 0 Å². The standard InChI is InChI=1S/C10H8F3N3O3/c1-18-5-16-8(15-19-9(16)17)7-4-6(2-3-14-7)10(11,12)13/h2-4H,5H2,1H3. The molecule has 0 saturated carbocycles. The number of aromatic nitrogens is 3. The molecule has 0 aromatic carbocycles. The number of pyridine rings is 1. The molecule has 0 fully saturated rings. The highest BCUT2D eigenvalue weighted by atomic mass is 19.4. The van der Waals surface area contributed by atoms with E-state index in [9.17, 15) is 18.0 Å². The Morgan fingerprint density at radius 3 is 2.84 bits per heavy atom. The summed E-state index contributed by atoms with van der Waals surface area (Å²) in [5.41, 5.74) is -1.02. The second kappa shape index (κ2) is 4.84. The maximum absolute atomic E-state index is 12.6. The predicted octanol–water partition coefficient (Wildman–Crippen LogP) is 1.52. The van der Waals surface area contributed by atoms with E-state index >= 15 is 0 Å². The monoisotopic (exact) mass is 275 g/mol. The average Bonchev–Trinajstić information content (AvgIpc) is 2.71. The summed E-state index contributed by atoms with van der Waals surface area (Å²) in [6, 6.07) is 1.60. The first-order valence-electron chi connectivity index (χ1n) is 5.02. The SMILES string of the molecule is COCn1c(-c2cc(C(F)(F)F)ccn2)noc1=O. The molecule has 2 aromatic heterocycles. The van der Waals surface area contributed by atoms with E-state index in [0.717, 1.165) is 22.9 Å². The van der Waals surface area contributed by atoms with Crippen molar-refractivity contribution in [2.24, 2.45) is 0 Å². The molecule has 0 amide bonds. The first-order chi connectivity index (χ1) is 8.93. The lowest BCUT2D eigenvalue weighted by atomic mass is 10.2. The van der Waals surface area contributed by atoms with Crippen molar-refractivity contribution >= 4 is 0 Å². The molecule has 9 heteroatoms. The number of rotatable bonds is 3. The molecule has 0 bridgehead atoms. The van der Waals surface area contributed by atoms with Gasteiger partial charge in [-0.15, -0.1) is 0 Å². The molecule has 0 N–H and O–H groups in total. The lowest BCUT2D eigenvalue weighted by Gasteiger charge is -2.07. The van der Waals surface area contributed by atoms with Crippen molar-refractivity contribution in [2.45, 2.75) is 12.9 Å². The highest BCUT2D eigenvalue weighted by Gasteiger charge is 2.31. The van der Waals surface area contributed by atoms with Gasteiger partial charge in [-0.1, -0.05) is 5.16 Å². The van der Waals surface area contributed by atoms with E-state index in [-0.39, 0.29) is 18.2 Å². The van der Waals surface area contributed by atoms with Gasteiger partial charge in [-0.2, -0.15) is 13.2 Å². The molecule has 6 nitrogen and oxygen atoms in total. The van der Waals surface area contributed by atoms with Crippen LogP contribution in [0.1, 0.15) is 5.56 Å². The zero-order valence-electron chi connectivity index (χ0n) is 9.64. The van der Waals surface area contributed by atoms with Crippen LogP contribution in [0.25, 0.3) is 11.5 Å². The molecule has 0 aliphatic heterocycles. The molecule has 0 atom stereocenters. The van der Waals surface area contributed by atoms with Crippen LogP contribution in [0.4, 0.5) is 13.2 Å². The van der Waals surface area contributed by atoms with Crippen molar-refractivity contribution in [2.75, 3.05) is 7.11 Å². The minimum absolute atomic E-state index is 0.127. The fourth-order valence-electron chi connectivity index (χ4n) is 1.42. The van der Waals surface area contributed by atoms with Crippen LogP contribution >= 0.6 is 0 Å². The summed E-state index contributed by atoms with van der Waals surface area (Å²) in [5, 5.41) is 3.39. The zero-order chi connectivity index (χ0) is 14.0. The lowest BCUT2D eigenvalue weighted by Crippen LogP contribution is -2.17. The second-order valence-electron chi connectivity index (χ2n) is 3.55. The van der Waals surface area contributed by atoms with Gasteiger partial charge in [0, 0.05) is 13.3 Å². The van der Waals surface area contributed by atoms with Crippen molar-refractivity contribution in [1.82, 2.24) is 14.7 Å². The summed E-state index contributed by atoms with van der Waals surface area (Å²) in [7, 11) is 1.32. The molecular weight excluding hydrogens is 267 g/mol. The van der Waals surface area contributed by atoms with E-state index in [1.807, 2.05) is 0 Å². The second-order valence-corrected chi connectivity index (χ2v) is 3.55. The smallest absolute Gasteiger partial charge is 0.364 e. The minimum atomic E-state index is -4.51. The third-order valence-corrected chi connectivity index (χ3v) is 2.26. The molecule has 0 saturated heterocycles. The Morgan fingerprint density at radius 1 is 1.47 bits per heavy atom. The number of hydrogen-bond donors (Lipinski definition) is 0. The third kappa shape index (κ3) is 2.65. The number of hydrogen-bond acceptors (Lipinski definition) is 5. The number of alkyl halides is 3. The van der Waals surface area contributed by atoms with Gasteiger partial charge in [-0.05, 0) is 12.1 Å². The number of halogens is 3. The van der Waals surface area contributed by atoms with Gasteiger partial charge in [0.15, 0.2) is 0 Å². The van der Waals surface area contributed by atoms with Crippen LogP contribution in [0.2, 0.25) is 0 Å². The van der Waals surface area contributed by atoms with Crippen LogP contribution in [-0.2, 0) is 17.6 Å². The molecule has 0 spiro atoms. The molecule has 0 radical (unpaired) electrons. The summed E-state index contributed by atoms with van der Waals surface area (Å²) in [6.07, 6.45) is -3.53. The van der Waals surface area contributed by atoms with Crippen LogP contribution in [-0.4, -0.2) is 21.8 Å². The summed E-state index contributed by atoms with van der Waals surface area (Å²) < 4.78 is 47.8. The molecule has 2 rings (SSSR count). The summed E-state index contributed by atoms with van der Waals surface area (Å²) >= 11 is 0. The van der Waals surface area contributed by atoms with Crippen LogP contribution in [0.5, 0.6) is 0 Å². The topological polar surface area (TPSA) is 70.2 Å². The van der Waals surface area contributed by atoms with Gasteiger partial charge in [0.1, 0.15) is 12.4 Å². The van der Waals surface area contributed by atoms with Crippen molar-refractivity contribution in [1.29, 1.82) is 0 Å². The van der Waals surface area contributed by atoms with E-state index in [0.29, 0.717) is 0 Å². The van der Waals surface area contributed by atoms with Gasteiger partial charge in [0.25, 0.3) is 0 Å². The van der Waals surface area contributed by atoms with E-state index < -0.39 is 17.5 Å². The molecule has 102 valence electrons. The Morgan fingerprint density at radius 2 is 2.21 bits per heavy atom. The van der Waals surface area contributed by atoms with Gasteiger partial charge in [-0.25, -0.2) is 9.36 Å². The number of methoxy groups -OCH3 is 1. The third-order valence-electron chi connectivity index (χ3n) is 2.26. The summed E-state index contributed by atoms with van der Waals surface area (Å²) in [5.74, 6) is -0.964. The largest absolute Gasteiger partial charge is 0.443 e. The van der Waals surface area contributed by atoms with Crippen molar-refractivity contribution in [3.8, 4) is 11.5 Å². The predicted molar refractivity (Wildman–Crippen MR) is 56.0 cm³/mol. The zero-order valence-corrected chi connectivity index (χ0v) is 9.64. The van der Waals surface area contributed by atoms with Crippen LogP contribution < -0.4 is 5.76 Å².